The molecule has 1 heterocycles. The van der Waals surface area contributed by atoms with E-state index in [1.54, 1.807) is 43.3 Å². The smallest absolute Gasteiger partial charge is 0.465 e. The van der Waals surface area contributed by atoms with Crippen LogP contribution in [0.2, 0.25) is 0 Å². The molecular formula is C30H23F3N2O7. The van der Waals surface area contributed by atoms with Crippen LogP contribution < -0.4 is 10.2 Å². The van der Waals surface area contributed by atoms with Crippen LogP contribution in [0.1, 0.15) is 49.9 Å². The number of rotatable bonds is 5. The Bertz CT molecular complexity index is 1680. The molecule has 1 aliphatic heterocycles. The monoisotopic (exact) mass is 580 g/mol. The molecule has 42 heavy (non-hydrogen) atoms. The highest BCUT2D eigenvalue weighted by molar-refractivity contribution is 6.44. The first-order valence-electron chi connectivity index (χ1n) is 12.3. The fraction of sp³-hybridized carbons (Fsp3) is 0.167. The van der Waals surface area contributed by atoms with Crippen molar-refractivity contribution >= 4 is 52.4 Å². The second-order valence-corrected chi connectivity index (χ2v) is 9.28. The summed E-state index contributed by atoms with van der Waals surface area (Å²) in [5, 5.41) is 3.14. The topological polar surface area (TPSA) is 119 Å². The van der Waals surface area contributed by atoms with Crippen molar-refractivity contribution < 1.29 is 46.6 Å². The standard InChI is InChI=1S/C30H23F3N2O7/c1-15-12-19(10-11-20(15)28(39)42-29(40)30(31,32)33)34-25(18-8-6-5-7-9-18)24-22-13-16(2)21(27(38)41-4)14-23(22)35(17(3)36)26(24)37/h5-14,34H,1-4H3/b25-24-. The summed E-state index contributed by atoms with van der Waals surface area (Å²) < 4.78 is 46.4. The van der Waals surface area contributed by atoms with Crippen LogP contribution in [-0.2, 0) is 23.9 Å². The van der Waals surface area contributed by atoms with Gasteiger partial charge in [-0.1, -0.05) is 30.3 Å². The van der Waals surface area contributed by atoms with Crippen LogP contribution in [0.25, 0.3) is 11.3 Å². The van der Waals surface area contributed by atoms with Crippen LogP contribution in [0.5, 0.6) is 0 Å². The summed E-state index contributed by atoms with van der Waals surface area (Å²) in [6, 6.07) is 15.6. The van der Waals surface area contributed by atoms with E-state index in [9.17, 15) is 37.1 Å². The van der Waals surface area contributed by atoms with Crippen molar-refractivity contribution in [2.75, 3.05) is 17.3 Å². The number of methoxy groups -OCH3 is 1. The van der Waals surface area contributed by atoms with Crippen LogP contribution in [0.15, 0.2) is 60.7 Å². The molecule has 0 spiro atoms. The first-order chi connectivity index (χ1) is 19.7. The van der Waals surface area contributed by atoms with Crippen LogP contribution >= 0.6 is 0 Å². The number of fused-ring (bicyclic) bond motifs is 1. The summed E-state index contributed by atoms with van der Waals surface area (Å²) in [5.41, 5.74) is 2.40. The quantitative estimate of drug-likeness (QED) is 0.248. The van der Waals surface area contributed by atoms with Gasteiger partial charge in [0.2, 0.25) is 5.91 Å². The van der Waals surface area contributed by atoms with E-state index >= 15 is 0 Å². The zero-order valence-electron chi connectivity index (χ0n) is 22.7. The molecule has 1 N–H and O–H groups in total. The van der Waals surface area contributed by atoms with Crippen molar-refractivity contribution in [1.82, 2.24) is 0 Å². The van der Waals surface area contributed by atoms with Crippen molar-refractivity contribution in [2.24, 2.45) is 0 Å². The van der Waals surface area contributed by atoms with Gasteiger partial charge in [-0.2, -0.15) is 13.2 Å². The van der Waals surface area contributed by atoms with Gasteiger partial charge in [-0.3, -0.25) is 9.59 Å². The van der Waals surface area contributed by atoms with E-state index in [1.807, 2.05) is 0 Å². The molecule has 0 aromatic heterocycles. The van der Waals surface area contributed by atoms with Crippen LogP contribution in [0.4, 0.5) is 24.5 Å². The molecule has 0 radical (unpaired) electrons. The van der Waals surface area contributed by atoms with Gasteiger partial charge in [0, 0.05) is 18.2 Å². The van der Waals surface area contributed by atoms with Crippen molar-refractivity contribution in [3.05, 3.63) is 94.0 Å². The lowest BCUT2D eigenvalue weighted by atomic mass is 9.96. The third-order valence-corrected chi connectivity index (χ3v) is 6.44. The average molecular weight is 581 g/mol. The van der Waals surface area contributed by atoms with E-state index in [-0.39, 0.29) is 33.6 Å². The number of alkyl halides is 3. The van der Waals surface area contributed by atoms with Crippen LogP contribution in [-0.4, -0.2) is 43.0 Å². The number of carbonyl (C=O) groups is 5. The predicted molar refractivity (Wildman–Crippen MR) is 145 cm³/mol. The Morgan fingerprint density at radius 3 is 2.07 bits per heavy atom. The molecule has 9 nitrogen and oxygen atoms in total. The van der Waals surface area contributed by atoms with Gasteiger partial charge in [0.05, 0.1) is 35.2 Å². The summed E-state index contributed by atoms with van der Waals surface area (Å²) in [4.78, 5) is 63.0. The lowest BCUT2D eigenvalue weighted by molar-refractivity contribution is -0.193. The Morgan fingerprint density at radius 1 is 0.857 bits per heavy atom. The number of nitrogens with one attached hydrogen (secondary N) is 1. The molecule has 216 valence electrons. The van der Waals surface area contributed by atoms with Crippen molar-refractivity contribution in [3.8, 4) is 0 Å². The number of halogens is 3. The number of anilines is 2. The van der Waals surface area contributed by atoms with E-state index in [0.717, 1.165) is 4.90 Å². The number of imide groups is 1. The lowest BCUT2D eigenvalue weighted by Crippen LogP contribution is -2.31. The maximum absolute atomic E-state index is 13.8. The van der Waals surface area contributed by atoms with Gasteiger partial charge in [0.1, 0.15) is 0 Å². The normalized spacial score (nSPS) is 13.8. The summed E-state index contributed by atoms with van der Waals surface area (Å²) in [6.07, 6.45) is -5.34. The van der Waals surface area contributed by atoms with E-state index in [1.165, 1.54) is 45.2 Å². The molecule has 1 aliphatic rings. The first kappa shape index (κ1) is 29.7. The Kier molecular flexibility index (Phi) is 8.01. The molecule has 2 amide bonds. The van der Waals surface area contributed by atoms with E-state index in [0.29, 0.717) is 22.4 Å². The minimum atomic E-state index is -5.34. The van der Waals surface area contributed by atoms with Gasteiger partial charge < -0.3 is 14.8 Å². The van der Waals surface area contributed by atoms with Crippen molar-refractivity contribution in [1.29, 1.82) is 0 Å². The highest BCUT2D eigenvalue weighted by atomic mass is 19.4. The molecule has 0 fully saturated rings. The zero-order chi connectivity index (χ0) is 30.9. The molecule has 3 aromatic rings. The number of carbonyl (C=O) groups excluding carboxylic acids is 5. The molecular weight excluding hydrogens is 557 g/mol. The Hall–Kier alpha value is -5.26. The third kappa shape index (κ3) is 5.64. The highest BCUT2D eigenvalue weighted by Gasteiger charge is 2.43. The van der Waals surface area contributed by atoms with Gasteiger partial charge in [-0.15, -0.1) is 0 Å². The number of amides is 2. The number of hydrogen-bond donors (Lipinski definition) is 1. The molecule has 3 aromatic carbocycles. The van der Waals surface area contributed by atoms with Gasteiger partial charge in [-0.05, 0) is 60.9 Å². The summed E-state index contributed by atoms with van der Waals surface area (Å²) in [5.74, 6) is -6.00. The predicted octanol–water partition coefficient (Wildman–Crippen LogP) is 5.21. The second kappa shape index (κ2) is 11.3. The average Bonchev–Trinajstić information content (AvgIpc) is 3.21. The minimum absolute atomic E-state index is 0.114. The first-order valence-corrected chi connectivity index (χ1v) is 12.3. The highest BCUT2D eigenvalue weighted by Crippen LogP contribution is 2.43. The zero-order valence-corrected chi connectivity index (χ0v) is 22.7. The van der Waals surface area contributed by atoms with E-state index in [2.05, 4.69) is 10.1 Å². The van der Waals surface area contributed by atoms with Crippen molar-refractivity contribution in [3.63, 3.8) is 0 Å². The van der Waals surface area contributed by atoms with Gasteiger partial charge in [-0.25, -0.2) is 19.3 Å². The molecule has 0 unspecified atom stereocenters. The second-order valence-electron chi connectivity index (χ2n) is 9.28. The number of esters is 3. The summed E-state index contributed by atoms with van der Waals surface area (Å²) in [6.45, 7) is 4.30. The summed E-state index contributed by atoms with van der Waals surface area (Å²) in [7, 11) is 1.22. The Balaban J connectivity index is 1.85. The van der Waals surface area contributed by atoms with Crippen molar-refractivity contribution in [2.45, 2.75) is 26.9 Å². The van der Waals surface area contributed by atoms with Gasteiger partial charge in [0.15, 0.2) is 0 Å². The molecule has 12 heteroatoms. The largest absolute Gasteiger partial charge is 0.491 e. The maximum atomic E-state index is 13.8. The molecule has 4 rings (SSSR count). The molecule has 0 saturated heterocycles. The number of ether oxygens (including phenoxy) is 2. The number of aryl methyl sites for hydroxylation is 2. The summed E-state index contributed by atoms with van der Waals surface area (Å²) >= 11 is 0. The van der Waals surface area contributed by atoms with Gasteiger partial charge >= 0.3 is 24.1 Å². The minimum Gasteiger partial charge on any atom is -0.465 e. The Labute approximate surface area is 237 Å². The fourth-order valence-electron chi connectivity index (χ4n) is 4.50. The lowest BCUT2D eigenvalue weighted by Gasteiger charge is -2.17. The maximum Gasteiger partial charge on any atom is 0.491 e. The van der Waals surface area contributed by atoms with Crippen LogP contribution in [0.3, 0.4) is 0 Å². The number of nitrogens with zero attached hydrogens (tertiary/aromatic N) is 1. The van der Waals surface area contributed by atoms with E-state index < -0.39 is 35.9 Å². The van der Waals surface area contributed by atoms with E-state index in [4.69, 9.17) is 4.74 Å². The van der Waals surface area contributed by atoms with Crippen LogP contribution in [0, 0.1) is 13.8 Å². The Morgan fingerprint density at radius 2 is 1.50 bits per heavy atom. The molecule has 0 aliphatic carbocycles. The van der Waals surface area contributed by atoms with Gasteiger partial charge in [0.25, 0.3) is 5.91 Å². The third-order valence-electron chi connectivity index (χ3n) is 6.44. The number of benzene rings is 3. The number of hydrogen-bond acceptors (Lipinski definition) is 8. The molecule has 0 bridgehead atoms. The molecule has 0 saturated carbocycles. The molecule has 0 atom stereocenters. The SMILES string of the molecule is COC(=O)c1cc2c(cc1C)/C(=C(/Nc1ccc(C(=O)OC(=O)C(F)(F)F)c(C)c1)c1ccccc1)C(=O)N2C(C)=O. The fourth-order valence-corrected chi connectivity index (χ4v) is 4.50.